The van der Waals surface area contributed by atoms with Gasteiger partial charge in [0.1, 0.15) is 5.78 Å². The van der Waals surface area contributed by atoms with Crippen molar-refractivity contribution in [2.75, 3.05) is 0 Å². The standard InChI is InChI=1S/C12H16O/c13-12(6-1-2-6)11-9-7-3-4-8(5-7)10(9)11/h6-11H,1-5H2. The van der Waals surface area contributed by atoms with E-state index in [1.165, 1.54) is 32.1 Å². The Kier molecular flexibility index (Phi) is 1.09. The molecule has 0 heterocycles. The summed E-state index contributed by atoms with van der Waals surface area (Å²) in [6.45, 7) is 0. The van der Waals surface area contributed by atoms with Crippen LogP contribution in [0.5, 0.6) is 0 Å². The van der Waals surface area contributed by atoms with Crippen molar-refractivity contribution >= 4 is 5.78 Å². The fourth-order valence-electron chi connectivity index (χ4n) is 4.35. The zero-order valence-corrected chi connectivity index (χ0v) is 7.91. The fourth-order valence-corrected chi connectivity index (χ4v) is 4.35. The molecule has 0 amide bonds. The van der Waals surface area contributed by atoms with E-state index in [1.807, 2.05) is 0 Å². The third-order valence-electron chi connectivity index (χ3n) is 5.04. The van der Waals surface area contributed by atoms with Gasteiger partial charge in [-0.15, -0.1) is 0 Å². The third kappa shape index (κ3) is 0.769. The van der Waals surface area contributed by atoms with E-state index >= 15 is 0 Å². The van der Waals surface area contributed by atoms with Crippen molar-refractivity contribution in [3.05, 3.63) is 0 Å². The summed E-state index contributed by atoms with van der Waals surface area (Å²) in [7, 11) is 0. The predicted molar refractivity (Wildman–Crippen MR) is 49.0 cm³/mol. The van der Waals surface area contributed by atoms with Gasteiger partial charge >= 0.3 is 0 Å². The van der Waals surface area contributed by atoms with E-state index in [-0.39, 0.29) is 0 Å². The third-order valence-corrected chi connectivity index (χ3v) is 5.04. The minimum Gasteiger partial charge on any atom is -0.299 e. The normalized spacial score (nSPS) is 56.5. The number of Topliss-reactive ketones (excluding diaryl/α,β-unsaturated/α-hetero) is 1. The summed E-state index contributed by atoms with van der Waals surface area (Å²) in [6.07, 6.45) is 6.79. The van der Waals surface area contributed by atoms with Gasteiger partial charge in [0.25, 0.3) is 0 Å². The van der Waals surface area contributed by atoms with Gasteiger partial charge in [-0.2, -0.15) is 0 Å². The van der Waals surface area contributed by atoms with Crippen molar-refractivity contribution in [3.8, 4) is 0 Å². The van der Waals surface area contributed by atoms with Crippen molar-refractivity contribution in [1.82, 2.24) is 0 Å². The lowest BCUT2D eigenvalue weighted by Crippen LogP contribution is -2.11. The first kappa shape index (κ1) is 7.03. The summed E-state index contributed by atoms with van der Waals surface area (Å²) in [4.78, 5) is 11.9. The van der Waals surface area contributed by atoms with Crippen LogP contribution in [0.1, 0.15) is 32.1 Å². The summed E-state index contributed by atoms with van der Waals surface area (Å²) in [5, 5.41) is 0. The Morgan fingerprint density at radius 1 is 0.923 bits per heavy atom. The number of hydrogen-bond acceptors (Lipinski definition) is 1. The highest BCUT2D eigenvalue weighted by molar-refractivity contribution is 5.88. The highest BCUT2D eigenvalue weighted by Crippen LogP contribution is 2.70. The van der Waals surface area contributed by atoms with E-state index in [1.54, 1.807) is 0 Å². The Hall–Kier alpha value is -0.330. The van der Waals surface area contributed by atoms with Crippen LogP contribution in [0.3, 0.4) is 0 Å². The molecule has 4 atom stereocenters. The van der Waals surface area contributed by atoms with Crippen LogP contribution >= 0.6 is 0 Å². The second kappa shape index (κ2) is 2.02. The van der Waals surface area contributed by atoms with E-state index in [0.717, 1.165) is 23.7 Å². The number of rotatable bonds is 2. The van der Waals surface area contributed by atoms with Gasteiger partial charge in [0, 0.05) is 11.8 Å². The van der Waals surface area contributed by atoms with Gasteiger partial charge in [-0.1, -0.05) is 0 Å². The van der Waals surface area contributed by atoms with Gasteiger partial charge in [0.2, 0.25) is 0 Å². The first-order valence-corrected chi connectivity index (χ1v) is 5.90. The Morgan fingerprint density at radius 3 is 2.08 bits per heavy atom. The first-order valence-electron chi connectivity index (χ1n) is 5.90. The van der Waals surface area contributed by atoms with Crippen LogP contribution in [0.2, 0.25) is 0 Å². The zero-order valence-electron chi connectivity index (χ0n) is 7.91. The molecule has 0 N–H and O–H groups in total. The van der Waals surface area contributed by atoms with Crippen molar-refractivity contribution < 1.29 is 4.79 Å². The molecule has 4 fully saturated rings. The SMILES string of the molecule is O=C(C1CC1)C1C2C3CCC(C3)C12. The number of carbonyl (C=O) groups excluding carboxylic acids is 1. The van der Waals surface area contributed by atoms with Gasteiger partial charge in [-0.3, -0.25) is 4.79 Å². The van der Waals surface area contributed by atoms with E-state index in [9.17, 15) is 4.79 Å². The van der Waals surface area contributed by atoms with Crippen molar-refractivity contribution in [2.45, 2.75) is 32.1 Å². The van der Waals surface area contributed by atoms with Crippen LogP contribution in [0.25, 0.3) is 0 Å². The molecule has 2 bridgehead atoms. The molecule has 0 aromatic rings. The van der Waals surface area contributed by atoms with Gasteiger partial charge in [-0.25, -0.2) is 0 Å². The molecule has 0 spiro atoms. The molecule has 0 aliphatic heterocycles. The number of hydrogen-bond donors (Lipinski definition) is 0. The molecule has 1 heteroatoms. The molecule has 4 rings (SSSR count). The topological polar surface area (TPSA) is 17.1 Å². The van der Waals surface area contributed by atoms with Crippen LogP contribution in [-0.2, 0) is 4.79 Å². The maximum Gasteiger partial charge on any atom is 0.139 e. The van der Waals surface area contributed by atoms with Crippen LogP contribution in [0.4, 0.5) is 0 Å². The number of carbonyl (C=O) groups is 1. The first-order chi connectivity index (χ1) is 6.36. The average Bonchev–Trinajstić information content (AvgIpc) is 3.04. The molecule has 0 aromatic heterocycles. The molecule has 1 nitrogen and oxygen atoms in total. The molecule has 70 valence electrons. The summed E-state index contributed by atoms with van der Waals surface area (Å²) in [6, 6.07) is 0. The zero-order chi connectivity index (χ0) is 8.58. The average molecular weight is 176 g/mol. The number of ketones is 1. The van der Waals surface area contributed by atoms with Gasteiger partial charge in [0.05, 0.1) is 0 Å². The summed E-state index contributed by atoms with van der Waals surface area (Å²) in [5.41, 5.74) is 0. The van der Waals surface area contributed by atoms with Gasteiger partial charge in [0.15, 0.2) is 0 Å². The maximum absolute atomic E-state index is 11.9. The van der Waals surface area contributed by atoms with Crippen molar-refractivity contribution in [1.29, 1.82) is 0 Å². The smallest absolute Gasteiger partial charge is 0.139 e. The van der Waals surface area contributed by atoms with Gasteiger partial charge in [-0.05, 0) is 55.8 Å². The Balaban J connectivity index is 1.57. The molecular weight excluding hydrogens is 160 g/mol. The molecule has 4 aliphatic rings. The Bertz CT molecular complexity index is 263. The molecule has 0 saturated heterocycles. The summed E-state index contributed by atoms with van der Waals surface area (Å²) >= 11 is 0. The Morgan fingerprint density at radius 2 is 1.54 bits per heavy atom. The van der Waals surface area contributed by atoms with Crippen LogP contribution in [0.15, 0.2) is 0 Å². The van der Waals surface area contributed by atoms with Crippen LogP contribution in [0, 0.1) is 35.5 Å². The summed E-state index contributed by atoms with van der Waals surface area (Å²) < 4.78 is 0. The lowest BCUT2D eigenvalue weighted by Gasteiger charge is -2.06. The molecule has 0 radical (unpaired) electrons. The maximum atomic E-state index is 11.9. The van der Waals surface area contributed by atoms with Gasteiger partial charge < -0.3 is 0 Å². The molecular formula is C12H16O. The second-order valence-corrected chi connectivity index (χ2v) is 5.69. The van der Waals surface area contributed by atoms with Crippen LogP contribution in [-0.4, -0.2) is 5.78 Å². The quantitative estimate of drug-likeness (QED) is 0.630. The second-order valence-electron chi connectivity index (χ2n) is 5.69. The van der Waals surface area contributed by atoms with E-state index in [0.29, 0.717) is 17.6 Å². The number of fused-ring (bicyclic) bond motifs is 5. The van der Waals surface area contributed by atoms with Crippen molar-refractivity contribution in [2.24, 2.45) is 35.5 Å². The lowest BCUT2D eigenvalue weighted by atomic mass is 9.98. The minimum absolute atomic E-state index is 0.523. The lowest BCUT2D eigenvalue weighted by molar-refractivity contribution is -0.122. The van der Waals surface area contributed by atoms with E-state index < -0.39 is 0 Å². The largest absolute Gasteiger partial charge is 0.299 e. The highest BCUT2D eigenvalue weighted by Gasteiger charge is 2.68. The molecule has 13 heavy (non-hydrogen) atoms. The van der Waals surface area contributed by atoms with E-state index in [2.05, 4.69) is 0 Å². The van der Waals surface area contributed by atoms with E-state index in [4.69, 9.17) is 0 Å². The Labute approximate surface area is 78.9 Å². The minimum atomic E-state index is 0.523. The highest BCUT2D eigenvalue weighted by atomic mass is 16.1. The summed E-state index contributed by atoms with van der Waals surface area (Å²) in [5.74, 6) is 5.48. The molecule has 0 aromatic carbocycles. The van der Waals surface area contributed by atoms with Crippen molar-refractivity contribution in [3.63, 3.8) is 0 Å². The van der Waals surface area contributed by atoms with Crippen LogP contribution < -0.4 is 0 Å². The molecule has 4 aliphatic carbocycles. The fraction of sp³-hybridized carbons (Fsp3) is 0.917. The predicted octanol–water partition coefficient (Wildman–Crippen LogP) is 2.26. The molecule has 4 unspecified atom stereocenters. The monoisotopic (exact) mass is 176 g/mol. The molecule has 4 saturated carbocycles.